The Labute approximate surface area is 76.3 Å². The molecular formula is C10H22N2. The number of hydrogen-bond acceptors (Lipinski definition) is 2. The van der Waals surface area contributed by atoms with Crippen molar-refractivity contribution in [3.8, 4) is 0 Å². The molecule has 0 aromatic rings. The van der Waals surface area contributed by atoms with Gasteiger partial charge in [-0.15, -0.1) is 0 Å². The molecule has 72 valence electrons. The maximum absolute atomic E-state index is 3.44. The van der Waals surface area contributed by atoms with E-state index in [0.717, 1.165) is 12.6 Å². The fourth-order valence-electron chi connectivity index (χ4n) is 1.82. The summed E-state index contributed by atoms with van der Waals surface area (Å²) in [5.74, 6) is 0. The molecule has 2 nitrogen and oxygen atoms in total. The van der Waals surface area contributed by atoms with E-state index in [2.05, 4.69) is 31.1 Å². The summed E-state index contributed by atoms with van der Waals surface area (Å²) >= 11 is 0. The van der Waals surface area contributed by atoms with Crippen LogP contribution < -0.4 is 5.32 Å². The predicted molar refractivity (Wildman–Crippen MR) is 53.4 cm³/mol. The molecule has 1 rings (SSSR count). The van der Waals surface area contributed by atoms with Crippen LogP contribution in [0.1, 0.15) is 33.1 Å². The summed E-state index contributed by atoms with van der Waals surface area (Å²) < 4.78 is 0. The Morgan fingerprint density at radius 1 is 1.50 bits per heavy atom. The first-order valence-electron chi connectivity index (χ1n) is 5.17. The van der Waals surface area contributed by atoms with Gasteiger partial charge in [-0.05, 0) is 33.4 Å². The van der Waals surface area contributed by atoms with Crippen LogP contribution in [0.3, 0.4) is 0 Å². The Hall–Kier alpha value is -0.0800. The van der Waals surface area contributed by atoms with Crippen molar-refractivity contribution in [2.24, 2.45) is 0 Å². The van der Waals surface area contributed by atoms with Crippen molar-refractivity contribution < 1.29 is 0 Å². The molecule has 2 heteroatoms. The van der Waals surface area contributed by atoms with Crippen molar-refractivity contribution in [2.75, 3.05) is 20.1 Å². The largest absolute Gasteiger partial charge is 0.313 e. The molecule has 1 aliphatic carbocycles. The zero-order valence-corrected chi connectivity index (χ0v) is 8.64. The van der Waals surface area contributed by atoms with Gasteiger partial charge in [0.2, 0.25) is 0 Å². The van der Waals surface area contributed by atoms with E-state index in [0.29, 0.717) is 6.04 Å². The summed E-state index contributed by atoms with van der Waals surface area (Å²) in [5.41, 5.74) is 0. The van der Waals surface area contributed by atoms with E-state index in [1.807, 2.05) is 0 Å². The molecule has 0 radical (unpaired) electrons. The highest BCUT2D eigenvalue weighted by atomic mass is 15.2. The maximum atomic E-state index is 3.44. The molecule has 1 fully saturated rings. The van der Waals surface area contributed by atoms with E-state index in [1.165, 1.54) is 25.8 Å². The second-order valence-corrected chi connectivity index (χ2v) is 3.98. The third-order valence-electron chi connectivity index (χ3n) is 2.81. The molecule has 1 aliphatic rings. The number of hydrogen-bond donors (Lipinski definition) is 1. The zero-order valence-electron chi connectivity index (χ0n) is 8.64. The first kappa shape index (κ1) is 10.0. The van der Waals surface area contributed by atoms with Crippen LogP contribution in [0, 0.1) is 0 Å². The van der Waals surface area contributed by atoms with E-state index in [1.54, 1.807) is 0 Å². The lowest BCUT2D eigenvalue weighted by Crippen LogP contribution is -2.44. The Bertz CT molecular complexity index is 121. The first-order chi connectivity index (χ1) is 5.74. The van der Waals surface area contributed by atoms with Crippen LogP contribution in [0.25, 0.3) is 0 Å². The van der Waals surface area contributed by atoms with Gasteiger partial charge >= 0.3 is 0 Å². The van der Waals surface area contributed by atoms with Crippen molar-refractivity contribution in [1.82, 2.24) is 10.2 Å². The Morgan fingerprint density at radius 2 is 2.17 bits per heavy atom. The summed E-state index contributed by atoms with van der Waals surface area (Å²) in [6, 6.07) is 1.52. The smallest absolute Gasteiger partial charge is 0.0166 e. The van der Waals surface area contributed by atoms with Gasteiger partial charge in [-0.1, -0.05) is 13.3 Å². The van der Waals surface area contributed by atoms with Gasteiger partial charge in [-0.2, -0.15) is 0 Å². The van der Waals surface area contributed by atoms with Crippen LogP contribution >= 0.6 is 0 Å². The van der Waals surface area contributed by atoms with Gasteiger partial charge in [-0.3, -0.25) is 0 Å². The van der Waals surface area contributed by atoms with Crippen LogP contribution in [0.4, 0.5) is 0 Å². The van der Waals surface area contributed by atoms with Gasteiger partial charge in [0.1, 0.15) is 0 Å². The van der Waals surface area contributed by atoms with Crippen molar-refractivity contribution in [2.45, 2.75) is 45.2 Å². The Kier molecular flexibility index (Phi) is 4.02. The fourth-order valence-corrected chi connectivity index (χ4v) is 1.82. The monoisotopic (exact) mass is 170 g/mol. The molecule has 0 aliphatic heterocycles. The van der Waals surface area contributed by atoms with Crippen molar-refractivity contribution in [3.05, 3.63) is 0 Å². The molecule has 1 unspecified atom stereocenters. The van der Waals surface area contributed by atoms with E-state index in [-0.39, 0.29) is 0 Å². The highest BCUT2D eigenvalue weighted by Crippen LogP contribution is 2.23. The van der Waals surface area contributed by atoms with E-state index in [4.69, 9.17) is 0 Å². The molecular weight excluding hydrogens is 148 g/mol. The average Bonchev–Trinajstić information content (AvgIpc) is 1.82. The van der Waals surface area contributed by atoms with Crippen molar-refractivity contribution in [3.63, 3.8) is 0 Å². The van der Waals surface area contributed by atoms with E-state index >= 15 is 0 Å². The molecule has 1 saturated carbocycles. The average molecular weight is 170 g/mol. The molecule has 0 saturated heterocycles. The molecule has 0 spiro atoms. The molecule has 1 N–H and O–H groups in total. The van der Waals surface area contributed by atoms with Crippen LogP contribution in [-0.4, -0.2) is 37.1 Å². The Morgan fingerprint density at radius 3 is 2.58 bits per heavy atom. The quantitative estimate of drug-likeness (QED) is 0.672. The van der Waals surface area contributed by atoms with E-state index < -0.39 is 0 Å². The molecule has 0 amide bonds. The number of nitrogens with one attached hydrogen (secondary N) is 1. The van der Waals surface area contributed by atoms with Gasteiger partial charge in [-0.25, -0.2) is 0 Å². The standard InChI is InChI=1S/C10H22N2/c1-4-11-9(2)8-12(3)10-6-5-7-10/h9-11H,4-8H2,1-3H3. The third kappa shape index (κ3) is 2.76. The van der Waals surface area contributed by atoms with E-state index in [9.17, 15) is 0 Å². The van der Waals surface area contributed by atoms with Gasteiger partial charge < -0.3 is 10.2 Å². The summed E-state index contributed by atoms with van der Waals surface area (Å²) in [4.78, 5) is 2.50. The minimum absolute atomic E-state index is 0.639. The lowest BCUT2D eigenvalue weighted by molar-refractivity contribution is 0.148. The SMILES string of the molecule is CCNC(C)CN(C)C1CCC1. The number of rotatable bonds is 5. The van der Waals surface area contributed by atoms with Crippen LogP contribution in [0.15, 0.2) is 0 Å². The second kappa shape index (κ2) is 4.83. The first-order valence-corrected chi connectivity index (χ1v) is 5.17. The van der Waals surface area contributed by atoms with Gasteiger partial charge in [0.05, 0.1) is 0 Å². The van der Waals surface area contributed by atoms with Crippen LogP contribution in [0.5, 0.6) is 0 Å². The Balaban J connectivity index is 2.11. The van der Waals surface area contributed by atoms with Gasteiger partial charge in [0.25, 0.3) is 0 Å². The highest BCUT2D eigenvalue weighted by Gasteiger charge is 2.22. The zero-order chi connectivity index (χ0) is 8.97. The predicted octanol–water partition coefficient (Wildman–Crippen LogP) is 1.47. The third-order valence-corrected chi connectivity index (χ3v) is 2.81. The molecule has 0 heterocycles. The summed E-state index contributed by atoms with van der Waals surface area (Å²) in [5, 5.41) is 3.44. The van der Waals surface area contributed by atoms with Crippen molar-refractivity contribution in [1.29, 1.82) is 0 Å². The lowest BCUT2D eigenvalue weighted by Gasteiger charge is -2.36. The van der Waals surface area contributed by atoms with Gasteiger partial charge in [0, 0.05) is 18.6 Å². The molecule has 0 aromatic heterocycles. The molecule has 0 bridgehead atoms. The topological polar surface area (TPSA) is 15.3 Å². The maximum Gasteiger partial charge on any atom is 0.0166 e. The summed E-state index contributed by atoms with van der Waals surface area (Å²) in [7, 11) is 2.25. The minimum Gasteiger partial charge on any atom is -0.313 e. The molecule has 1 atom stereocenters. The summed E-state index contributed by atoms with van der Waals surface area (Å²) in [6.45, 7) is 6.71. The number of likely N-dealkylation sites (N-methyl/N-ethyl adjacent to an activating group) is 2. The van der Waals surface area contributed by atoms with Crippen molar-refractivity contribution >= 4 is 0 Å². The van der Waals surface area contributed by atoms with Crippen LogP contribution in [-0.2, 0) is 0 Å². The normalized spacial score (nSPS) is 21.0. The van der Waals surface area contributed by atoms with Crippen LogP contribution in [0.2, 0.25) is 0 Å². The minimum atomic E-state index is 0.639. The second-order valence-electron chi connectivity index (χ2n) is 3.98. The highest BCUT2D eigenvalue weighted by molar-refractivity contribution is 4.79. The summed E-state index contributed by atoms with van der Waals surface area (Å²) in [6.07, 6.45) is 4.26. The van der Waals surface area contributed by atoms with Gasteiger partial charge in [0.15, 0.2) is 0 Å². The fraction of sp³-hybridized carbons (Fsp3) is 1.00. The molecule has 12 heavy (non-hydrogen) atoms. The molecule has 0 aromatic carbocycles. The number of nitrogens with zero attached hydrogens (tertiary/aromatic N) is 1. The lowest BCUT2D eigenvalue weighted by atomic mass is 9.92.